The van der Waals surface area contributed by atoms with Crippen molar-refractivity contribution in [3.8, 4) is 0 Å². The highest BCUT2D eigenvalue weighted by molar-refractivity contribution is 5.98. The number of aromatic nitrogens is 5. The van der Waals surface area contributed by atoms with Gasteiger partial charge < -0.3 is 19.8 Å². The van der Waals surface area contributed by atoms with Crippen molar-refractivity contribution in [3.05, 3.63) is 71.3 Å². The van der Waals surface area contributed by atoms with Crippen LogP contribution in [0.3, 0.4) is 0 Å². The molecule has 1 aromatic carbocycles. The number of anilines is 1. The zero-order valence-corrected chi connectivity index (χ0v) is 20.6. The second kappa shape index (κ2) is 9.24. The molecule has 5 rings (SSSR count). The van der Waals surface area contributed by atoms with E-state index in [4.69, 9.17) is 10.5 Å². The number of nitrogens with two attached hydrogens (primary N) is 1. The summed E-state index contributed by atoms with van der Waals surface area (Å²) in [5, 5.41) is 0. The quantitative estimate of drug-likeness (QED) is 0.330. The molecule has 0 aliphatic rings. The topological polar surface area (TPSA) is 103 Å². The molecule has 198 valence electrons. The number of nitrogens with zero attached hydrogens (tertiary/aromatic N) is 6. The fraction of sp³-hybridized carbons (Fsp3) is 0.280. The summed E-state index contributed by atoms with van der Waals surface area (Å²) >= 11 is 0. The minimum absolute atomic E-state index is 0.0938. The van der Waals surface area contributed by atoms with Crippen molar-refractivity contribution in [2.45, 2.75) is 32.6 Å². The van der Waals surface area contributed by atoms with Crippen LogP contribution in [0.5, 0.6) is 0 Å². The molecule has 5 aromatic rings. The van der Waals surface area contributed by atoms with Crippen LogP contribution < -0.4 is 5.73 Å². The van der Waals surface area contributed by atoms with E-state index in [1.807, 2.05) is 0 Å². The Morgan fingerprint density at radius 3 is 2.68 bits per heavy atom. The third-order valence-electron chi connectivity index (χ3n) is 6.35. The Kier molecular flexibility index (Phi) is 6.18. The number of hydrogen-bond acceptors (Lipinski definition) is 6. The van der Waals surface area contributed by atoms with E-state index < -0.39 is 29.5 Å². The first kappa shape index (κ1) is 25.4. The number of rotatable bonds is 6. The normalized spacial score (nSPS) is 13.0. The molecular formula is C25H23F4N7O2. The number of pyridine rings is 1. The van der Waals surface area contributed by atoms with Gasteiger partial charge in [0.1, 0.15) is 29.1 Å². The lowest BCUT2D eigenvalue weighted by molar-refractivity contribution is -0.137. The Hall–Kier alpha value is -4.26. The van der Waals surface area contributed by atoms with Gasteiger partial charge in [-0.05, 0) is 32.0 Å². The molecule has 1 atom stereocenters. The van der Waals surface area contributed by atoms with Gasteiger partial charge in [0.15, 0.2) is 0 Å². The number of aryl methyl sites for hydroxylation is 1. The van der Waals surface area contributed by atoms with E-state index in [0.29, 0.717) is 22.4 Å². The summed E-state index contributed by atoms with van der Waals surface area (Å²) in [6.07, 6.45) is -0.656. The van der Waals surface area contributed by atoms with Gasteiger partial charge >= 0.3 is 6.18 Å². The minimum atomic E-state index is -4.51. The Balaban J connectivity index is 1.56. The number of halogens is 4. The van der Waals surface area contributed by atoms with Gasteiger partial charge in [0, 0.05) is 25.6 Å². The number of amides is 1. The standard InChI is InChI=1S/C25H23F4N7O2/c1-13(11-38-3)35(10-16-9-34-8-15(25(27,28)29)4-5-21(34)32-16)24(37)17-6-20-19(7-18(17)26)33-23(30)22-14(2)31-12-36(20)22/h4-9,12-13H,10-11H2,1-3H3,(H2,30,33). The van der Waals surface area contributed by atoms with E-state index in [1.165, 1.54) is 41.1 Å². The number of imidazole rings is 2. The molecule has 4 heterocycles. The van der Waals surface area contributed by atoms with E-state index >= 15 is 4.39 Å². The third kappa shape index (κ3) is 4.38. The number of fused-ring (bicyclic) bond motifs is 4. The minimum Gasteiger partial charge on any atom is -0.383 e. The van der Waals surface area contributed by atoms with Crippen LogP contribution in [0, 0.1) is 12.7 Å². The maximum absolute atomic E-state index is 15.3. The summed E-state index contributed by atoms with van der Waals surface area (Å²) < 4.78 is 62.8. The predicted molar refractivity (Wildman–Crippen MR) is 131 cm³/mol. The van der Waals surface area contributed by atoms with Crippen molar-refractivity contribution >= 4 is 33.9 Å². The molecule has 0 radical (unpaired) electrons. The first-order valence-corrected chi connectivity index (χ1v) is 11.5. The fourth-order valence-electron chi connectivity index (χ4n) is 4.49. The zero-order valence-electron chi connectivity index (χ0n) is 20.6. The highest BCUT2D eigenvalue weighted by atomic mass is 19.4. The summed E-state index contributed by atoms with van der Waals surface area (Å²) in [6, 6.07) is 4.19. The van der Waals surface area contributed by atoms with E-state index in [1.54, 1.807) is 18.2 Å². The van der Waals surface area contributed by atoms with E-state index in [2.05, 4.69) is 15.0 Å². The van der Waals surface area contributed by atoms with Gasteiger partial charge in [0.2, 0.25) is 0 Å². The fourth-order valence-corrected chi connectivity index (χ4v) is 4.49. The van der Waals surface area contributed by atoms with Crippen molar-refractivity contribution in [2.24, 2.45) is 0 Å². The summed E-state index contributed by atoms with van der Waals surface area (Å²) in [5.74, 6) is -1.27. The van der Waals surface area contributed by atoms with Crippen LogP contribution in [0.4, 0.5) is 23.4 Å². The first-order chi connectivity index (χ1) is 18.0. The second-order valence-electron chi connectivity index (χ2n) is 9.02. The molecule has 0 saturated carbocycles. The van der Waals surface area contributed by atoms with Crippen molar-refractivity contribution in [1.82, 2.24) is 28.7 Å². The van der Waals surface area contributed by atoms with Gasteiger partial charge in [-0.1, -0.05) is 0 Å². The molecule has 0 aliphatic carbocycles. The zero-order chi connectivity index (χ0) is 27.4. The molecule has 13 heteroatoms. The van der Waals surface area contributed by atoms with Crippen LogP contribution in [-0.2, 0) is 17.5 Å². The molecule has 38 heavy (non-hydrogen) atoms. The Morgan fingerprint density at radius 2 is 1.97 bits per heavy atom. The van der Waals surface area contributed by atoms with Crippen LogP contribution >= 0.6 is 0 Å². The lowest BCUT2D eigenvalue weighted by Gasteiger charge is -2.28. The summed E-state index contributed by atoms with van der Waals surface area (Å²) in [7, 11) is 1.47. The van der Waals surface area contributed by atoms with E-state index in [-0.39, 0.29) is 35.7 Å². The first-order valence-electron chi connectivity index (χ1n) is 11.5. The molecule has 2 N–H and O–H groups in total. The number of carbonyl (C=O) groups is 1. The molecule has 0 spiro atoms. The number of ether oxygens (including phenoxy) is 1. The second-order valence-corrected chi connectivity index (χ2v) is 9.02. The summed E-state index contributed by atoms with van der Waals surface area (Å²) in [6.45, 7) is 3.52. The van der Waals surface area contributed by atoms with Crippen LogP contribution in [0.2, 0.25) is 0 Å². The maximum Gasteiger partial charge on any atom is 0.417 e. The number of alkyl halides is 3. The van der Waals surface area contributed by atoms with Gasteiger partial charge in [0.25, 0.3) is 5.91 Å². The molecule has 0 aliphatic heterocycles. The number of carbonyl (C=O) groups excluding carboxylic acids is 1. The van der Waals surface area contributed by atoms with Gasteiger partial charge in [-0.25, -0.2) is 19.3 Å². The number of nitrogen functional groups attached to an aromatic ring is 1. The van der Waals surface area contributed by atoms with Gasteiger partial charge in [0.05, 0.1) is 52.7 Å². The number of benzene rings is 1. The number of methoxy groups -OCH3 is 1. The summed E-state index contributed by atoms with van der Waals surface area (Å²) in [4.78, 5) is 27.9. The Morgan fingerprint density at radius 1 is 1.21 bits per heavy atom. The summed E-state index contributed by atoms with van der Waals surface area (Å²) in [5.41, 5.74) is 7.45. The lowest BCUT2D eigenvalue weighted by atomic mass is 10.1. The predicted octanol–water partition coefficient (Wildman–Crippen LogP) is 4.26. The van der Waals surface area contributed by atoms with Gasteiger partial charge in [-0.3, -0.25) is 9.20 Å². The van der Waals surface area contributed by atoms with Crippen molar-refractivity contribution in [3.63, 3.8) is 0 Å². The average Bonchev–Trinajstić information content (AvgIpc) is 3.44. The van der Waals surface area contributed by atoms with Crippen LogP contribution in [0.15, 0.2) is 43.0 Å². The van der Waals surface area contributed by atoms with Gasteiger partial charge in [-0.2, -0.15) is 13.2 Å². The molecule has 4 aromatic heterocycles. The van der Waals surface area contributed by atoms with Crippen molar-refractivity contribution in [2.75, 3.05) is 19.5 Å². The molecule has 0 bridgehead atoms. The monoisotopic (exact) mass is 529 g/mol. The molecule has 1 unspecified atom stereocenters. The van der Waals surface area contributed by atoms with Crippen LogP contribution in [0.25, 0.3) is 22.2 Å². The highest BCUT2D eigenvalue weighted by Gasteiger charge is 2.31. The van der Waals surface area contributed by atoms with Crippen LogP contribution in [-0.4, -0.2) is 54.3 Å². The molecule has 0 saturated heterocycles. The maximum atomic E-state index is 15.3. The smallest absolute Gasteiger partial charge is 0.383 e. The largest absolute Gasteiger partial charge is 0.417 e. The Bertz CT molecular complexity index is 1690. The van der Waals surface area contributed by atoms with Crippen LogP contribution in [0.1, 0.15) is 34.2 Å². The highest BCUT2D eigenvalue weighted by Crippen LogP contribution is 2.30. The molecule has 1 amide bonds. The van der Waals surface area contributed by atoms with E-state index in [0.717, 1.165) is 18.3 Å². The van der Waals surface area contributed by atoms with Crippen molar-refractivity contribution in [1.29, 1.82) is 0 Å². The average molecular weight is 529 g/mol. The molecular weight excluding hydrogens is 506 g/mol. The Labute approximate surface area is 213 Å². The third-order valence-corrected chi connectivity index (χ3v) is 6.35. The lowest BCUT2D eigenvalue weighted by Crippen LogP contribution is -2.41. The molecule has 0 fully saturated rings. The van der Waals surface area contributed by atoms with E-state index in [9.17, 15) is 18.0 Å². The van der Waals surface area contributed by atoms with Gasteiger partial charge in [-0.15, -0.1) is 0 Å². The van der Waals surface area contributed by atoms with Crippen molar-refractivity contribution < 1.29 is 27.1 Å². The molecule has 9 nitrogen and oxygen atoms in total. The SMILES string of the molecule is COCC(C)N(Cc1cn2cc(C(F)(F)F)ccc2n1)C(=O)c1cc2c(cc1F)nc(N)c1c(C)ncn12. The number of hydrogen-bond donors (Lipinski definition) is 1.